The first kappa shape index (κ1) is 13.8. The lowest BCUT2D eigenvalue weighted by atomic mass is 10.2. The van der Waals surface area contributed by atoms with Crippen molar-refractivity contribution in [3.05, 3.63) is 30.1 Å². The van der Waals surface area contributed by atoms with Gasteiger partial charge in [0.1, 0.15) is 0 Å². The third-order valence-corrected chi connectivity index (χ3v) is 3.19. The number of rotatable bonds is 7. The predicted molar refractivity (Wildman–Crippen MR) is 70.2 cm³/mol. The minimum absolute atomic E-state index is 0.0523. The normalized spacial score (nSPS) is 15.9. The van der Waals surface area contributed by atoms with Crippen LogP contribution in [0.3, 0.4) is 0 Å². The van der Waals surface area contributed by atoms with E-state index in [1.807, 2.05) is 0 Å². The average Bonchev–Trinajstić information content (AvgIpc) is 3.22. The van der Waals surface area contributed by atoms with Crippen molar-refractivity contribution in [2.45, 2.75) is 25.3 Å². The molecular weight excluding hydrogens is 247 g/mol. The van der Waals surface area contributed by atoms with E-state index >= 15 is 0 Å². The first-order valence-corrected chi connectivity index (χ1v) is 6.56. The van der Waals surface area contributed by atoms with Crippen LogP contribution >= 0.6 is 0 Å². The molecule has 1 atom stereocenters. The number of amides is 1. The Balaban J connectivity index is 1.62. The van der Waals surface area contributed by atoms with Gasteiger partial charge >= 0.3 is 0 Å². The molecule has 0 radical (unpaired) electrons. The summed E-state index contributed by atoms with van der Waals surface area (Å²) in [7, 11) is 0. The van der Waals surface area contributed by atoms with E-state index in [4.69, 9.17) is 10.5 Å². The predicted octanol–water partition coefficient (Wildman–Crippen LogP) is 1.45. The van der Waals surface area contributed by atoms with Gasteiger partial charge < -0.3 is 15.8 Å². The Morgan fingerprint density at radius 1 is 1.47 bits per heavy atom. The lowest BCUT2D eigenvalue weighted by molar-refractivity contribution is -0.121. The fourth-order valence-electron chi connectivity index (χ4n) is 1.83. The second kappa shape index (κ2) is 6.52. The second-order valence-electron chi connectivity index (χ2n) is 4.83. The molecule has 5 heteroatoms. The summed E-state index contributed by atoms with van der Waals surface area (Å²) in [5.74, 6) is 0.200. The highest BCUT2D eigenvalue weighted by Crippen LogP contribution is 2.31. The number of carbonyl (C=O) groups excluding carboxylic acids is 1. The third kappa shape index (κ3) is 4.52. The van der Waals surface area contributed by atoms with Gasteiger partial charge in [-0.2, -0.15) is 0 Å². The standard InChI is InChI=1S/C14H19FN2O2/c15-11-3-1-2-4-13(11)19-8-7-14(18)17-9-12(16)10-5-6-10/h1-4,10,12H,5-9,16H2,(H,17,18). The van der Waals surface area contributed by atoms with Crippen molar-refractivity contribution in [3.8, 4) is 5.75 Å². The molecule has 2 rings (SSSR count). The summed E-state index contributed by atoms with van der Waals surface area (Å²) in [6, 6.07) is 6.19. The number of ether oxygens (including phenoxy) is 1. The van der Waals surface area contributed by atoms with Gasteiger partial charge in [-0.05, 0) is 30.9 Å². The number of halogens is 1. The van der Waals surface area contributed by atoms with Gasteiger partial charge in [0.25, 0.3) is 0 Å². The van der Waals surface area contributed by atoms with E-state index in [1.54, 1.807) is 12.1 Å². The van der Waals surface area contributed by atoms with Crippen LogP contribution < -0.4 is 15.8 Å². The molecule has 0 spiro atoms. The van der Waals surface area contributed by atoms with Crippen LogP contribution in [0.2, 0.25) is 0 Å². The molecular formula is C14H19FN2O2. The summed E-state index contributed by atoms with van der Waals surface area (Å²) < 4.78 is 18.4. The molecule has 1 aromatic rings. The van der Waals surface area contributed by atoms with E-state index in [2.05, 4.69) is 5.32 Å². The van der Waals surface area contributed by atoms with Gasteiger partial charge in [0.2, 0.25) is 5.91 Å². The smallest absolute Gasteiger partial charge is 0.223 e. The molecule has 1 fully saturated rings. The molecule has 0 aromatic heterocycles. The lowest BCUT2D eigenvalue weighted by Gasteiger charge is -2.12. The molecule has 1 saturated carbocycles. The van der Waals surface area contributed by atoms with Crippen LogP contribution in [0.4, 0.5) is 4.39 Å². The van der Waals surface area contributed by atoms with E-state index in [9.17, 15) is 9.18 Å². The maximum atomic E-state index is 13.2. The Morgan fingerprint density at radius 2 is 2.21 bits per heavy atom. The van der Waals surface area contributed by atoms with Crippen LogP contribution in [0.25, 0.3) is 0 Å². The zero-order chi connectivity index (χ0) is 13.7. The van der Waals surface area contributed by atoms with Gasteiger partial charge in [0.15, 0.2) is 11.6 Å². The molecule has 3 N–H and O–H groups in total. The maximum absolute atomic E-state index is 13.2. The molecule has 1 amide bonds. The molecule has 1 aliphatic rings. The first-order chi connectivity index (χ1) is 9.16. The third-order valence-electron chi connectivity index (χ3n) is 3.19. The van der Waals surface area contributed by atoms with E-state index in [0.29, 0.717) is 12.5 Å². The molecule has 0 heterocycles. The zero-order valence-corrected chi connectivity index (χ0v) is 10.8. The molecule has 0 bridgehead atoms. The number of hydrogen-bond acceptors (Lipinski definition) is 3. The molecule has 1 unspecified atom stereocenters. The fraction of sp³-hybridized carbons (Fsp3) is 0.500. The second-order valence-corrected chi connectivity index (χ2v) is 4.83. The van der Waals surface area contributed by atoms with E-state index < -0.39 is 5.82 Å². The molecule has 0 aliphatic heterocycles. The number of hydrogen-bond donors (Lipinski definition) is 2. The Bertz CT molecular complexity index is 435. The summed E-state index contributed by atoms with van der Waals surface area (Å²) in [5.41, 5.74) is 5.87. The van der Waals surface area contributed by atoms with Crippen molar-refractivity contribution in [3.63, 3.8) is 0 Å². The number of carbonyl (C=O) groups is 1. The maximum Gasteiger partial charge on any atom is 0.223 e. The molecule has 19 heavy (non-hydrogen) atoms. The van der Waals surface area contributed by atoms with E-state index in [-0.39, 0.29) is 30.7 Å². The average molecular weight is 266 g/mol. The van der Waals surface area contributed by atoms with Crippen molar-refractivity contribution in [2.75, 3.05) is 13.2 Å². The summed E-state index contributed by atoms with van der Waals surface area (Å²) >= 11 is 0. The molecule has 1 aliphatic carbocycles. The SMILES string of the molecule is NC(CNC(=O)CCOc1ccccc1F)C1CC1. The topological polar surface area (TPSA) is 64.3 Å². The van der Waals surface area contributed by atoms with E-state index in [0.717, 1.165) is 12.8 Å². The Labute approximate surface area is 112 Å². The van der Waals surface area contributed by atoms with Gasteiger partial charge in [-0.3, -0.25) is 4.79 Å². The van der Waals surface area contributed by atoms with Crippen molar-refractivity contribution in [2.24, 2.45) is 11.7 Å². The molecule has 0 saturated heterocycles. The summed E-state index contributed by atoms with van der Waals surface area (Å²) in [6.45, 7) is 0.661. The minimum atomic E-state index is -0.418. The minimum Gasteiger partial charge on any atom is -0.490 e. The van der Waals surface area contributed by atoms with Crippen LogP contribution in [0.15, 0.2) is 24.3 Å². The molecule has 4 nitrogen and oxygen atoms in total. The van der Waals surface area contributed by atoms with Crippen LogP contribution in [-0.4, -0.2) is 25.1 Å². The van der Waals surface area contributed by atoms with Gasteiger partial charge in [0, 0.05) is 12.6 Å². The Kier molecular flexibility index (Phi) is 4.74. The molecule has 104 valence electrons. The van der Waals surface area contributed by atoms with Crippen LogP contribution in [0.5, 0.6) is 5.75 Å². The van der Waals surface area contributed by atoms with Crippen molar-refractivity contribution < 1.29 is 13.9 Å². The van der Waals surface area contributed by atoms with Crippen LogP contribution in [-0.2, 0) is 4.79 Å². The van der Waals surface area contributed by atoms with Crippen LogP contribution in [0.1, 0.15) is 19.3 Å². The highest BCUT2D eigenvalue weighted by Gasteiger charge is 2.28. The molecule has 1 aromatic carbocycles. The highest BCUT2D eigenvalue weighted by atomic mass is 19.1. The number of benzene rings is 1. The Morgan fingerprint density at radius 3 is 2.89 bits per heavy atom. The van der Waals surface area contributed by atoms with Gasteiger partial charge in [-0.25, -0.2) is 4.39 Å². The van der Waals surface area contributed by atoms with Gasteiger partial charge in [-0.15, -0.1) is 0 Å². The quantitative estimate of drug-likeness (QED) is 0.785. The highest BCUT2D eigenvalue weighted by molar-refractivity contribution is 5.76. The summed E-state index contributed by atoms with van der Waals surface area (Å²) in [6.07, 6.45) is 2.52. The fourth-order valence-corrected chi connectivity index (χ4v) is 1.83. The zero-order valence-electron chi connectivity index (χ0n) is 10.8. The number of para-hydroxylation sites is 1. The monoisotopic (exact) mass is 266 g/mol. The van der Waals surface area contributed by atoms with Crippen molar-refractivity contribution in [1.82, 2.24) is 5.32 Å². The largest absolute Gasteiger partial charge is 0.490 e. The van der Waals surface area contributed by atoms with Gasteiger partial charge in [-0.1, -0.05) is 12.1 Å². The van der Waals surface area contributed by atoms with Crippen molar-refractivity contribution in [1.29, 1.82) is 0 Å². The van der Waals surface area contributed by atoms with Gasteiger partial charge in [0.05, 0.1) is 13.0 Å². The van der Waals surface area contributed by atoms with Crippen molar-refractivity contribution >= 4 is 5.91 Å². The lowest BCUT2D eigenvalue weighted by Crippen LogP contribution is -2.38. The van der Waals surface area contributed by atoms with E-state index in [1.165, 1.54) is 12.1 Å². The Hall–Kier alpha value is -1.62. The first-order valence-electron chi connectivity index (χ1n) is 6.56. The number of nitrogens with one attached hydrogen (secondary N) is 1. The number of nitrogens with two attached hydrogens (primary N) is 1. The van der Waals surface area contributed by atoms with Crippen LogP contribution in [0, 0.1) is 11.7 Å². The summed E-state index contributed by atoms with van der Waals surface area (Å²) in [4.78, 5) is 11.5. The summed E-state index contributed by atoms with van der Waals surface area (Å²) in [5, 5.41) is 2.77.